The standard InChI is InChI=1S/C28H28F3N3O3/c29-28(30,31)22-8-3-5-19(15-22)16-25(35)32-17-18-11-13-21(14-12-18)26(36)33-34-27(37)24-10-4-7-20-6-1-2-9-23(20)24/h1-10,15,18,21H,11-14,16-17H2,(H,32,35)(H,33,36)(H,34,37). The summed E-state index contributed by atoms with van der Waals surface area (Å²) in [6.07, 6.45) is -1.90. The fourth-order valence-electron chi connectivity index (χ4n) is 4.70. The number of hydrogen-bond acceptors (Lipinski definition) is 3. The molecule has 37 heavy (non-hydrogen) atoms. The third-order valence-corrected chi connectivity index (χ3v) is 6.76. The Labute approximate surface area is 212 Å². The average molecular weight is 512 g/mol. The second-order valence-corrected chi connectivity index (χ2v) is 9.37. The highest BCUT2D eigenvalue weighted by molar-refractivity contribution is 6.07. The van der Waals surface area contributed by atoms with E-state index in [4.69, 9.17) is 0 Å². The third-order valence-electron chi connectivity index (χ3n) is 6.76. The maximum Gasteiger partial charge on any atom is 0.416 e. The SMILES string of the molecule is O=C(Cc1cccc(C(F)(F)F)c1)NCC1CCC(C(=O)NNC(=O)c2cccc3ccccc23)CC1. The molecule has 6 nitrogen and oxygen atoms in total. The van der Waals surface area contributed by atoms with Gasteiger partial charge in [-0.3, -0.25) is 25.2 Å². The van der Waals surface area contributed by atoms with Crippen LogP contribution in [0.5, 0.6) is 0 Å². The van der Waals surface area contributed by atoms with Gasteiger partial charge < -0.3 is 5.32 Å². The van der Waals surface area contributed by atoms with Crippen LogP contribution in [-0.4, -0.2) is 24.3 Å². The number of hydrogen-bond donors (Lipinski definition) is 3. The molecule has 0 bridgehead atoms. The van der Waals surface area contributed by atoms with Crippen LogP contribution in [0.3, 0.4) is 0 Å². The van der Waals surface area contributed by atoms with Crippen LogP contribution in [0, 0.1) is 11.8 Å². The molecule has 0 heterocycles. The molecule has 0 aliphatic heterocycles. The van der Waals surface area contributed by atoms with E-state index in [0.717, 1.165) is 35.7 Å². The van der Waals surface area contributed by atoms with Gasteiger partial charge in [-0.05, 0) is 60.1 Å². The van der Waals surface area contributed by atoms with Crippen molar-refractivity contribution in [2.45, 2.75) is 38.3 Å². The van der Waals surface area contributed by atoms with Crippen LogP contribution in [0.4, 0.5) is 13.2 Å². The van der Waals surface area contributed by atoms with Crippen LogP contribution in [0.15, 0.2) is 66.7 Å². The molecule has 0 spiro atoms. The van der Waals surface area contributed by atoms with Gasteiger partial charge in [0.25, 0.3) is 5.91 Å². The Balaban J connectivity index is 1.19. The average Bonchev–Trinajstić information content (AvgIpc) is 2.90. The highest BCUT2D eigenvalue weighted by Gasteiger charge is 2.30. The van der Waals surface area contributed by atoms with E-state index in [2.05, 4.69) is 16.2 Å². The van der Waals surface area contributed by atoms with Gasteiger partial charge in [-0.1, -0.05) is 54.6 Å². The molecule has 1 aliphatic rings. The number of alkyl halides is 3. The van der Waals surface area contributed by atoms with E-state index in [9.17, 15) is 27.6 Å². The predicted octanol–water partition coefficient (Wildman–Crippen LogP) is 4.78. The largest absolute Gasteiger partial charge is 0.416 e. The highest BCUT2D eigenvalue weighted by atomic mass is 19.4. The summed E-state index contributed by atoms with van der Waals surface area (Å²) >= 11 is 0. The number of amides is 3. The lowest BCUT2D eigenvalue weighted by Crippen LogP contribution is -2.45. The van der Waals surface area contributed by atoms with Gasteiger partial charge in [0.05, 0.1) is 12.0 Å². The van der Waals surface area contributed by atoms with Crippen molar-refractivity contribution in [3.8, 4) is 0 Å². The maximum atomic E-state index is 12.9. The molecule has 1 fully saturated rings. The minimum absolute atomic E-state index is 0.127. The highest BCUT2D eigenvalue weighted by Crippen LogP contribution is 2.30. The van der Waals surface area contributed by atoms with E-state index >= 15 is 0 Å². The number of halogens is 3. The summed E-state index contributed by atoms with van der Waals surface area (Å²) < 4.78 is 38.6. The molecule has 9 heteroatoms. The van der Waals surface area contributed by atoms with Gasteiger partial charge in [-0.15, -0.1) is 0 Å². The summed E-state index contributed by atoms with van der Waals surface area (Å²) in [5.74, 6) is -1.04. The molecule has 0 atom stereocenters. The zero-order valence-corrected chi connectivity index (χ0v) is 20.1. The van der Waals surface area contributed by atoms with Gasteiger partial charge in [-0.2, -0.15) is 13.2 Å². The Kier molecular flexibility index (Phi) is 8.11. The van der Waals surface area contributed by atoms with Crippen molar-refractivity contribution in [3.05, 3.63) is 83.4 Å². The van der Waals surface area contributed by atoms with Crippen LogP contribution in [0.25, 0.3) is 10.8 Å². The normalized spacial score (nSPS) is 17.7. The smallest absolute Gasteiger partial charge is 0.356 e. The molecule has 0 radical (unpaired) electrons. The maximum absolute atomic E-state index is 12.9. The number of carbonyl (C=O) groups excluding carboxylic acids is 3. The fourth-order valence-corrected chi connectivity index (χ4v) is 4.70. The number of carbonyl (C=O) groups is 3. The van der Waals surface area contributed by atoms with Crippen molar-refractivity contribution >= 4 is 28.5 Å². The first-order valence-electron chi connectivity index (χ1n) is 12.2. The first kappa shape index (κ1) is 26.2. The van der Waals surface area contributed by atoms with Crippen LogP contribution in [0.2, 0.25) is 0 Å². The van der Waals surface area contributed by atoms with E-state index in [0.29, 0.717) is 30.5 Å². The van der Waals surface area contributed by atoms with Crippen LogP contribution in [-0.2, 0) is 22.2 Å². The van der Waals surface area contributed by atoms with E-state index in [-0.39, 0.29) is 36.0 Å². The van der Waals surface area contributed by atoms with Crippen LogP contribution in [0.1, 0.15) is 47.2 Å². The fraction of sp³-hybridized carbons (Fsp3) is 0.321. The number of nitrogens with one attached hydrogen (secondary N) is 3. The molecule has 3 amide bonds. The molecule has 1 saturated carbocycles. The topological polar surface area (TPSA) is 87.3 Å². The summed E-state index contributed by atoms with van der Waals surface area (Å²) in [7, 11) is 0. The van der Waals surface area contributed by atoms with Gasteiger partial charge in [0, 0.05) is 18.0 Å². The van der Waals surface area contributed by atoms with Crippen molar-refractivity contribution in [2.75, 3.05) is 6.54 Å². The van der Waals surface area contributed by atoms with Crippen LogP contribution >= 0.6 is 0 Å². The molecule has 0 saturated heterocycles. The molecular weight excluding hydrogens is 483 g/mol. The molecular formula is C28H28F3N3O3. The lowest BCUT2D eigenvalue weighted by atomic mass is 9.81. The van der Waals surface area contributed by atoms with E-state index in [1.165, 1.54) is 12.1 Å². The first-order chi connectivity index (χ1) is 17.7. The van der Waals surface area contributed by atoms with E-state index in [1.807, 2.05) is 30.3 Å². The van der Waals surface area contributed by atoms with E-state index < -0.39 is 11.7 Å². The molecule has 3 aromatic carbocycles. The lowest BCUT2D eigenvalue weighted by Gasteiger charge is -2.28. The number of hydrazine groups is 1. The molecule has 3 aromatic rings. The lowest BCUT2D eigenvalue weighted by molar-refractivity contribution is -0.137. The van der Waals surface area contributed by atoms with Gasteiger partial charge >= 0.3 is 6.18 Å². The Morgan fingerprint density at radius 2 is 1.54 bits per heavy atom. The first-order valence-corrected chi connectivity index (χ1v) is 12.2. The monoisotopic (exact) mass is 511 g/mol. The summed E-state index contributed by atoms with van der Waals surface area (Å²) in [4.78, 5) is 37.5. The molecule has 4 rings (SSSR count). The third kappa shape index (κ3) is 6.87. The quantitative estimate of drug-likeness (QED) is 0.416. The van der Waals surface area contributed by atoms with Crippen molar-refractivity contribution < 1.29 is 27.6 Å². The van der Waals surface area contributed by atoms with Gasteiger partial charge in [-0.25, -0.2) is 0 Å². The molecule has 1 aliphatic carbocycles. The zero-order chi connectivity index (χ0) is 26.4. The zero-order valence-electron chi connectivity index (χ0n) is 20.1. The molecule has 0 unspecified atom stereocenters. The van der Waals surface area contributed by atoms with Gasteiger partial charge in [0.15, 0.2) is 0 Å². The minimum atomic E-state index is -4.45. The van der Waals surface area contributed by atoms with Crippen molar-refractivity contribution in [1.82, 2.24) is 16.2 Å². The van der Waals surface area contributed by atoms with Crippen molar-refractivity contribution in [2.24, 2.45) is 11.8 Å². The van der Waals surface area contributed by atoms with Crippen molar-refractivity contribution in [3.63, 3.8) is 0 Å². The Bertz CT molecular complexity index is 1280. The summed E-state index contributed by atoms with van der Waals surface area (Å²) in [5, 5.41) is 4.53. The second-order valence-electron chi connectivity index (χ2n) is 9.37. The van der Waals surface area contributed by atoms with Crippen LogP contribution < -0.4 is 16.2 Å². The van der Waals surface area contributed by atoms with Gasteiger partial charge in [0.1, 0.15) is 0 Å². The second kappa shape index (κ2) is 11.5. The van der Waals surface area contributed by atoms with Gasteiger partial charge in [0.2, 0.25) is 11.8 Å². The predicted molar refractivity (Wildman–Crippen MR) is 133 cm³/mol. The summed E-state index contributed by atoms with van der Waals surface area (Å²) in [6, 6.07) is 17.7. The number of fused-ring (bicyclic) bond motifs is 1. The Morgan fingerprint density at radius 3 is 2.30 bits per heavy atom. The van der Waals surface area contributed by atoms with E-state index in [1.54, 1.807) is 12.1 Å². The number of rotatable bonds is 6. The summed E-state index contributed by atoms with van der Waals surface area (Å²) in [5.41, 5.74) is 5.05. The molecule has 194 valence electrons. The number of benzene rings is 3. The summed E-state index contributed by atoms with van der Waals surface area (Å²) in [6.45, 7) is 0.407. The Hall–Kier alpha value is -3.88. The molecule has 0 aromatic heterocycles. The molecule has 3 N–H and O–H groups in total. The van der Waals surface area contributed by atoms with Crippen molar-refractivity contribution in [1.29, 1.82) is 0 Å². The minimum Gasteiger partial charge on any atom is -0.356 e. The Morgan fingerprint density at radius 1 is 0.838 bits per heavy atom.